The monoisotopic (exact) mass is 388 g/mol. The fourth-order valence-electron chi connectivity index (χ4n) is 5.33. The number of anilines is 1. The molecule has 0 aliphatic carbocycles. The van der Waals surface area contributed by atoms with Crippen molar-refractivity contribution in [2.75, 3.05) is 5.32 Å². The Bertz CT molecular complexity index is 870. The third kappa shape index (κ3) is 2.38. The van der Waals surface area contributed by atoms with Gasteiger partial charge in [0.15, 0.2) is 0 Å². The minimum atomic E-state index is -1.28. The SMILES string of the molecule is CC[C@H](C)N1C(=O)[C@@H]2[C@H](CC(C)C)[NH2+][C@@]3(C(=O)Nc4ccc(F)cc43)[C@@H]2C1=O. The lowest BCUT2D eigenvalue weighted by molar-refractivity contribution is -0.734. The molecule has 0 unspecified atom stereocenters. The van der Waals surface area contributed by atoms with Gasteiger partial charge >= 0.3 is 0 Å². The first kappa shape index (κ1) is 19.1. The number of hydrogen-bond acceptors (Lipinski definition) is 3. The van der Waals surface area contributed by atoms with Crippen LogP contribution in [-0.4, -0.2) is 34.7 Å². The number of halogens is 1. The molecule has 0 radical (unpaired) electrons. The standard InChI is InChI=1S/C21H26FN3O3/c1-5-11(4)25-18(26)16-15(8-10(2)3)24-21(17(16)19(25)27)13-9-12(22)6-7-14(13)23-20(21)28/h6-7,9-11,15-17,24H,5,8H2,1-4H3,(H,23,28)/p+1/t11-,15-,16+,17-,21+/m0/s1. The number of hydrogen-bond donors (Lipinski definition) is 2. The van der Waals surface area contributed by atoms with Crippen LogP contribution in [0.1, 0.15) is 46.1 Å². The number of nitrogens with zero attached hydrogens (tertiary/aromatic N) is 1. The highest BCUT2D eigenvalue weighted by molar-refractivity contribution is 6.14. The van der Waals surface area contributed by atoms with Crippen LogP contribution in [0.2, 0.25) is 0 Å². The summed E-state index contributed by atoms with van der Waals surface area (Å²) in [7, 11) is 0. The molecule has 7 heteroatoms. The Morgan fingerprint density at radius 1 is 1.21 bits per heavy atom. The lowest BCUT2D eigenvalue weighted by atomic mass is 9.76. The maximum absolute atomic E-state index is 14.1. The summed E-state index contributed by atoms with van der Waals surface area (Å²) in [4.78, 5) is 41.3. The number of quaternary nitrogens is 1. The zero-order valence-electron chi connectivity index (χ0n) is 16.7. The average molecular weight is 388 g/mol. The van der Waals surface area contributed by atoms with E-state index in [1.807, 2.05) is 19.2 Å². The fraction of sp³-hybridized carbons (Fsp3) is 0.571. The lowest BCUT2D eigenvalue weighted by Gasteiger charge is -2.28. The fourth-order valence-corrected chi connectivity index (χ4v) is 5.33. The Morgan fingerprint density at radius 3 is 2.57 bits per heavy atom. The van der Waals surface area contributed by atoms with Gasteiger partial charge in [0.05, 0.1) is 5.69 Å². The molecule has 1 aromatic carbocycles. The molecule has 2 saturated heterocycles. The van der Waals surface area contributed by atoms with Gasteiger partial charge in [-0.05, 0) is 37.5 Å². The zero-order chi connectivity index (χ0) is 20.4. The summed E-state index contributed by atoms with van der Waals surface area (Å²) in [6.07, 6.45) is 1.36. The van der Waals surface area contributed by atoms with Crippen molar-refractivity contribution in [2.24, 2.45) is 17.8 Å². The second kappa shape index (κ2) is 6.37. The highest BCUT2D eigenvalue weighted by Crippen LogP contribution is 2.50. The third-order valence-electron chi connectivity index (χ3n) is 6.64. The van der Waals surface area contributed by atoms with E-state index in [1.165, 1.54) is 23.1 Å². The highest BCUT2D eigenvalue weighted by atomic mass is 19.1. The van der Waals surface area contributed by atoms with Crippen LogP contribution in [0.15, 0.2) is 18.2 Å². The molecule has 2 fully saturated rings. The van der Waals surface area contributed by atoms with Crippen LogP contribution in [0.4, 0.5) is 10.1 Å². The molecule has 0 aromatic heterocycles. The van der Waals surface area contributed by atoms with E-state index in [1.54, 1.807) is 0 Å². The van der Waals surface area contributed by atoms with Crippen LogP contribution in [0.5, 0.6) is 0 Å². The van der Waals surface area contributed by atoms with Gasteiger partial charge in [0.2, 0.25) is 17.4 Å². The van der Waals surface area contributed by atoms with Gasteiger partial charge in [0.1, 0.15) is 23.7 Å². The van der Waals surface area contributed by atoms with Gasteiger partial charge in [0, 0.05) is 18.0 Å². The number of rotatable bonds is 4. The smallest absolute Gasteiger partial charge is 0.291 e. The summed E-state index contributed by atoms with van der Waals surface area (Å²) in [5.41, 5.74) is -0.281. The Morgan fingerprint density at radius 2 is 1.93 bits per heavy atom. The highest BCUT2D eigenvalue weighted by Gasteiger charge is 2.74. The first-order chi connectivity index (χ1) is 13.2. The molecule has 0 saturated carbocycles. The first-order valence-electron chi connectivity index (χ1n) is 10.1. The van der Waals surface area contributed by atoms with E-state index in [0.29, 0.717) is 30.0 Å². The average Bonchev–Trinajstić information content (AvgIpc) is 3.20. The second-order valence-corrected chi connectivity index (χ2v) is 8.78. The van der Waals surface area contributed by atoms with Gasteiger partial charge in [-0.15, -0.1) is 0 Å². The third-order valence-corrected chi connectivity index (χ3v) is 6.64. The van der Waals surface area contributed by atoms with E-state index in [2.05, 4.69) is 19.2 Å². The molecule has 3 heterocycles. The molecule has 1 aromatic rings. The van der Waals surface area contributed by atoms with Crippen LogP contribution >= 0.6 is 0 Å². The van der Waals surface area contributed by atoms with Gasteiger partial charge in [-0.3, -0.25) is 19.3 Å². The molecular formula is C21H27FN3O3+. The minimum absolute atomic E-state index is 0.194. The molecule has 1 spiro atoms. The number of fused-ring (bicyclic) bond motifs is 4. The predicted octanol–water partition coefficient (Wildman–Crippen LogP) is 1.36. The van der Waals surface area contributed by atoms with Crippen LogP contribution in [0.3, 0.4) is 0 Å². The predicted molar refractivity (Wildman–Crippen MR) is 100 cm³/mol. The van der Waals surface area contributed by atoms with Crippen LogP contribution in [-0.2, 0) is 19.9 Å². The number of likely N-dealkylation sites (tertiary alicyclic amines) is 1. The minimum Gasteiger partial charge on any atom is -0.326 e. The zero-order valence-corrected chi connectivity index (χ0v) is 16.7. The second-order valence-electron chi connectivity index (χ2n) is 8.78. The van der Waals surface area contributed by atoms with Crippen molar-refractivity contribution < 1.29 is 24.1 Å². The summed E-state index contributed by atoms with van der Waals surface area (Å²) >= 11 is 0. The molecule has 28 heavy (non-hydrogen) atoms. The van der Waals surface area contributed by atoms with Crippen molar-refractivity contribution in [1.82, 2.24) is 4.90 Å². The Hall–Kier alpha value is -2.28. The first-order valence-corrected chi connectivity index (χ1v) is 10.1. The van der Waals surface area contributed by atoms with Gasteiger partial charge in [-0.2, -0.15) is 0 Å². The summed E-state index contributed by atoms with van der Waals surface area (Å²) in [6, 6.07) is 3.74. The normalized spacial score (nSPS) is 32.3. The van der Waals surface area contributed by atoms with Crippen molar-refractivity contribution in [3.8, 4) is 0 Å². The van der Waals surface area contributed by atoms with Crippen molar-refractivity contribution in [3.63, 3.8) is 0 Å². The van der Waals surface area contributed by atoms with E-state index in [-0.39, 0.29) is 29.8 Å². The molecule has 3 aliphatic rings. The molecule has 3 amide bonds. The maximum atomic E-state index is 14.1. The Balaban J connectivity index is 1.89. The summed E-state index contributed by atoms with van der Waals surface area (Å²) in [6.45, 7) is 7.90. The topological polar surface area (TPSA) is 83.1 Å². The van der Waals surface area contributed by atoms with E-state index in [0.717, 1.165) is 0 Å². The van der Waals surface area contributed by atoms with Crippen molar-refractivity contribution in [3.05, 3.63) is 29.6 Å². The summed E-state index contributed by atoms with van der Waals surface area (Å²) in [5.74, 6) is -2.36. The number of amides is 3. The summed E-state index contributed by atoms with van der Waals surface area (Å²) < 4.78 is 14.1. The van der Waals surface area contributed by atoms with Gasteiger partial charge < -0.3 is 10.6 Å². The van der Waals surface area contributed by atoms with E-state index >= 15 is 0 Å². The number of imide groups is 1. The van der Waals surface area contributed by atoms with Crippen LogP contribution < -0.4 is 10.6 Å². The number of carbonyl (C=O) groups is 3. The van der Waals surface area contributed by atoms with Gasteiger partial charge in [-0.25, -0.2) is 4.39 Å². The Kier molecular flexibility index (Phi) is 4.34. The molecule has 3 aliphatic heterocycles. The largest absolute Gasteiger partial charge is 0.326 e. The summed E-state index contributed by atoms with van der Waals surface area (Å²) in [5, 5.41) is 4.69. The maximum Gasteiger partial charge on any atom is 0.291 e. The van der Waals surface area contributed by atoms with Gasteiger partial charge in [-0.1, -0.05) is 20.8 Å². The molecule has 3 N–H and O–H groups in total. The van der Waals surface area contributed by atoms with Crippen molar-refractivity contribution >= 4 is 23.4 Å². The number of nitrogens with two attached hydrogens (primary N) is 1. The molecule has 4 rings (SSSR count). The lowest BCUT2D eigenvalue weighted by Crippen LogP contribution is -2.99. The Labute approximate surface area is 163 Å². The molecule has 5 atom stereocenters. The van der Waals surface area contributed by atoms with Crippen LogP contribution in [0.25, 0.3) is 0 Å². The molecule has 0 bridgehead atoms. The van der Waals surface area contributed by atoms with Crippen LogP contribution in [0, 0.1) is 23.6 Å². The number of carbonyl (C=O) groups excluding carboxylic acids is 3. The van der Waals surface area contributed by atoms with E-state index in [4.69, 9.17) is 0 Å². The van der Waals surface area contributed by atoms with Gasteiger partial charge in [0.25, 0.3) is 5.91 Å². The van der Waals surface area contributed by atoms with Crippen molar-refractivity contribution in [2.45, 2.75) is 58.2 Å². The molecule has 6 nitrogen and oxygen atoms in total. The van der Waals surface area contributed by atoms with E-state index in [9.17, 15) is 18.8 Å². The number of benzene rings is 1. The van der Waals surface area contributed by atoms with Crippen molar-refractivity contribution in [1.29, 1.82) is 0 Å². The molecular weight excluding hydrogens is 361 g/mol. The quantitative estimate of drug-likeness (QED) is 0.764. The molecule has 150 valence electrons. The van der Waals surface area contributed by atoms with E-state index < -0.39 is 23.2 Å². The number of nitrogens with one attached hydrogen (secondary N) is 1.